The van der Waals surface area contributed by atoms with Crippen LogP contribution in [0.1, 0.15) is 63.6 Å². The van der Waals surface area contributed by atoms with E-state index in [9.17, 15) is 0 Å². The maximum absolute atomic E-state index is 4.42. The monoisotopic (exact) mass is 234 g/mol. The summed E-state index contributed by atoms with van der Waals surface area (Å²) in [6.07, 6.45) is 11.2. The van der Waals surface area contributed by atoms with Gasteiger partial charge in [-0.1, -0.05) is 51.5 Å². The lowest BCUT2D eigenvalue weighted by Gasteiger charge is -2.15. The molecule has 0 aliphatic rings. The van der Waals surface area contributed by atoms with Gasteiger partial charge in [-0.2, -0.15) is 0 Å². The second kappa shape index (κ2) is 9.17. The second-order valence-corrected chi connectivity index (χ2v) is 4.65. The van der Waals surface area contributed by atoms with Crippen LogP contribution in [0.15, 0.2) is 24.4 Å². The van der Waals surface area contributed by atoms with Gasteiger partial charge in [0, 0.05) is 12.2 Å². The molecule has 0 aromatic carbocycles. The van der Waals surface area contributed by atoms with E-state index in [0.717, 1.165) is 0 Å². The van der Waals surface area contributed by atoms with Gasteiger partial charge in [0.25, 0.3) is 0 Å². The molecule has 96 valence electrons. The van der Waals surface area contributed by atoms with E-state index in [2.05, 4.69) is 29.4 Å². The zero-order chi connectivity index (χ0) is 12.3. The summed E-state index contributed by atoms with van der Waals surface area (Å²) in [7, 11) is 2.02. The fourth-order valence-corrected chi connectivity index (χ4v) is 2.15. The Kier molecular flexibility index (Phi) is 7.65. The Morgan fingerprint density at radius 2 is 1.88 bits per heavy atom. The molecule has 0 bridgehead atoms. The number of nitrogens with one attached hydrogen (secondary N) is 1. The van der Waals surface area contributed by atoms with Crippen molar-refractivity contribution >= 4 is 0 Å². The summed E-state index contributed by atoms with van der Waals surface area (Å²) in [6, 6.07) is 6.56. The Balaban J connectivity index is 2.20. The van der Waals surface area contributed by atoms with Crippen LogP contribution in [0.2, 0.25) is 0 Å². The van der Waals surface area contributed by atoms with Crippen LogP contribution in [0.4, 0.5) is 0 Å². The molecule has 1 atom stereocenters. The van der Waals surface area contributed by atoms with E-state index in [0.29, 0.717) is 6.04 Å². The van der Waals surface area contributed by atoms with Crippen LogP contribution < -0.4 is 5.32 Å². The average molecular weight is 234 g/mol. The zero-order valence-electron chi connectivity index (χ0n) is 11.3. The van der Waals surface area contributed by atoms with Gasteiger partial charge in [-0.15, -0.1) is 0 Å². The van der Waals surface area contributed by atoms with Crippen molar-refractivity contribution in [2.75, 3.05) is 7.05 Å². The minimum atomic E-state index is 0.419. The van der Waals surface area contributed by atoms with Gasteiger partial charge in [0.1, 0.15) is 0 Å². The highest BCUT2D eigenvalue weighted by Gasteiger charge is 2.08. The molecule has 0 spiro atoms. The summed E-state index contributed by atoms with van der Waals surface area (Å²) < 4.78 is 0. The number of pyridine rings is 1. The summed E-state index contributed by atoms with van der Waals surface area (Å²) in [5.74, 6) is 0. The summed E-state index contributed by atoms with van der Waals surface area (Å²) in [4.78, 5) is 4.42. The Hall–Kier alpha value is -0.890. The van der Waals surface area contributed by atoms with E-state index in [1.165, 1.54) is 50.6 Å². The first-order valence-electron chi connectivity index (χ1n) is 6.96. The maximum atomic E-state index is 4.42. The first kappa shape index (κ1) is 14.2. The van der Waals surface area contributed by atoms with Gasteiger partial charge >= 0.3 is 0 Å². The predicted molar refractivity (Wildman–Crippen MR) is 74.0 cm³/mol. The van der Waals surface area contributed by atoms with Gasteiger partial charge in [-0.25, -0.2) is 0 Å². The lowest BCUT2D eigenvalue weighted by Crippen LogP contribution is -2.17. The van der Waals surface area contributed by atoms with Crippen molar-refractivity contribution < 1.29 is 0 Å². The molecule has 0 saturated heterocycles. The molecule has 2 nitrogen and oxygen atoms in total. The molecular formula is C15H26N2. The lowest BCUT2D eigenvalue weighted by molar-refractivity contribution is 0.489. The first-order valence-corrected chi connectivity index (χ1v) is 6.96. The van der Waals surface area contributed by atoms with Gasteiger partial charge in [0.05, 0.1) is 5.69 Å². The molecule has 1 N–H and O–H groups in total. The molecule has 0 radical (unpaired) electrons. The van der Waals surface area contributed by atoms with Crippen LogP contribution in [-0.2, 0) is 0 Å². The van der Waals surface area contributed by atoms with Crippen LogP contribution in [0.3, 0.4) is 0 Å². The van der Waals surface area contributed by atoms with Gasteiger partial charge in [-0.05, 0) is 25.6 Å². The van der Waals surface area contributed by atoms with E-state index < -0.39 is 0 Å². The molecule has 1 aromatic heterocycles. The van der Waals surface area contributed by atoms with Gasteiger partial charge in [-0.3, -0.25) is 4.98 Å². The molecule has 1 aromatic rings. The van der Waals surface area contributed by atoms with E-state index in [1.807, 2.05) is 19.3 Å². The molecule has 1 unspecified atom stereocenters. The smallest absolute Gasteiger partial charge is 0.0573 e. The van der Waals surface area contributed by atoms with Crippen LogP contribution in [0, 0.1) is 0 Å². The molecule has 1 heterocycles. The van der Waals surface area contributed by atoms with E-state index in [1.54, 1.807) is 0 Å². The average Bonchev–Trinajstić information content (AvgIpc) is 2.39. The summed E-state index contributed by atoms with van der Waals surface area (Å²) >= 11 is 0. The third kappa shape index (κ3) is 5.83. The normalized spacial score (nSPS) is 12.6. The Morgan fingerprint density at radius 3 is 2.53 bits per heavy atom. The molecule has 2 heteroatoms. The van der Waals surface area contributed by atoms with E-state index in [4.69, 9.17) is 0 Å². The number of unbranched alkanes of at least 4 members (excludes halogenated alkanes) is 5. The second-order valence-electron chi connectivity index (χ2n) is 4.65. The fraction of sp³-hybridized carbons (Fsp3) is 0.667. The Labute approximate surface area is 106 Å². The maximum Gasteiger partial charge on any atom is 0.0573 e. The summed E-state index contributed by atoms with van der Waals surface area (Å²) in [6.45, 7) is 2.26. The zero-order valence-corrected chi connectivity index (χ0v) is 11.3. The molecule has 0 amide bonds. The fourth-order valence-electron chi connectivity index (χ4n) is 2.15. The van der Waals surface area contributed by atoms with Gasteiger partial charge < -0.3 is 5.32 Å². The first-order chi connectivity index (χ1) is 8.38. The Morgan fingerprint density at radius 1 is 1.12 bits per heavy atom. The highest BCUT2D eigenvalue weighted by atomic mass is 14.9. The van der Waals surface area contributed by atoms with Crippen LogP contribution in [0.25, 0.3) is 0 Å². The Bertz CT molecular complexity index is 272. The largest absolute Gasteiger partial charge is 0.312 e. The predicted octanol–water partition coefficient (Wildman–Crippen LogP) is 4.09. The highest BCUT2D eigenvalue weighted by Crippen LogP contribution is 2.17. The highest BCUT2D eigenvalue weighted by molar-refractivity contribution is 5.08. The molecule has 0 saturated carbocycles. The van der Waals surface area contributed by atoms with Crippen LogP contribution in [0.5, 0.6) is 0 Å². The third-order valence-electron chi connectivity index (χ3n) is 3.24. The van der Waals surface area contributed by atoms with E-state index >= 15 is 0 Å². The number of rotatable bonds is 9. The van der Waals surface area contributed by atoms with E-state index in [-0.39, 0.29) is 0 Å². The molecule has 17 heavy (non-hydrogen) atoms. The lowest BCUT2D eigenvalue weighted by atomic mass is 10.0. The minimum absolute atomic E-state index is 0.419. The molecule has 0 aliphatic heterocycles. The third-order valence-corrected chi connectivity index (χ3v) is 3.24. The summed E-state index contributed by atoms with van der Waals surface area (Å²) in [5.41, 5.74) is 1.17. The topological polar surface area (TPSA) is 24.9 Å². The SMILES string of the molecule is CCCCCCCCC(NC)c1ccccn1. The van der Waals surface area contributed by atoms with Crippen molar-refractivity contribution in [2.24, 2.45) is 0 Å². The molecule has 0 fully saturated rings. The molecule has 0 aliphatic carbocycles. The van der Waals surface area contributed by atoms with Crippen molar-refractivity contribution in [1.82, 2.24) is 10.3 Å². The van der Waals surface area contributed by atoms with Crippen molar-refractivity contribution in [3.63, 3.8) is 0 Å². The van der Waals surface area contributed by atoms with Crippen molar-refractivity contribution in [3.8, 4) is 0 Å². The number of hydrogen-bond acceptors (Lipinski definition) is 2. The molecule has 1 rings (SSSR count). The summed E-state index contributed by atoms with van der Waals surface area (Å²) in [5, 5.41) is 3.36. The van der Waals surface area contributed by atoms with Crippen molar-refractivity contribution in [3.05, 3.63) is 30.1 Å². The molecular weight excluding hydrogens is 208 g/mol. The van der Waals surface area contributed by atoms with Crippen molar-refractivity contribution in [2.45, 2.75) is 57.9 Å². The minimum Gasteiger partial charge on any atom is -0.312 e. The number of hydrogen-bond donors (Lipinski definition) is 1. The number of aromatic nitrogens is 1. The standard InChI is InChI=1S/C15H26N2/c1-3-4-5-6-7-8-11-14(16-2)15-12-9-10-13-17-15/h9-10,12-14,16H,3-8,11H2,1-2H3. The number of nitrogens with zero attached hydrogens (tertiary/aromatic N) is 1. The van der Waals surface area contributed by atoms with Crippen LogP contribution in [-0.4, -0.2) is 12.0 Å². The van der Waals surface area contributed by atoms with Gasteiger partial charge in [0.2, 0.25) is 0 Å². The van der Waals surface area contributed by atoms with Gasteiger partial charge in [0.15, 0.2) is 0 Å². The quantitative estimate of drug-likeness (QED) is 0.651. The van der Waals surface area contributed by atoms with Crippen LogP contribution >= 0.6 is 0 Å². The van der Waals surface area contributed by atoms with Crippen molar-refractivity contribution in [1.29, 1.82) is 0 Å².